The number of hydrogen-bond donors (Lipinski definition) is 1. The molecule has 0 heterocycles. The van der Waals surface area contributed by atoms with Crippen LogP contribution in [0, 0.1) is 6.92 Å². The van der Waals surface area contributed by atoms with E-state index in [2.05, 4.69) is 24.1 Å². The van der Waals surface area contributed by atoms with Gasteiger partial charge in [-0.25, -0.2) is 0 Å². The van der Waals surface area contributed by atoms with Crippen LogP contribution < -0.4 is 10.2 Å². The SMILES string of the molecule is CCN(CC)c1ccc(NC(=O)c2ccc(C(F)(F)F)cc2)c(C)c1. The van der Waals surface area contributed by atoms with E-state index in [9.17, 15) is 18.0 Å². The fourth-order valence-corrected chi connectivity index (χ4v) is 2.58. The van der Waals surface area contributed by atoms with Gasteiger partial charge in [0.05, 0.1) is 5.56 Å². The molecular formula is C19H21F3N2O. The molecule has 2 aromatic carbocycles. The van der Waals surface area contributed by atoms with Crippen LogP contribution in [0.1, 0.15) is 35.3 Å². The Morgan fingerprint density at radius 2 is 1.64 bits per heavy atom. The molecule has 6 heteroatoms. The quantitative estimate of drug-likeness (QED) is 0.812. The lowest BCUT2D eigenvalue weighted by molar-refractivity contribution is -0.137. The molecule has 0 aliphatic rings. The van der Waals surface area contributed by atoms with E-state index in [1.54, 1.807) is 0 Å². The predicted octanol–water partition coefficient (Wildman–Crippen LogP) is 5.11. The minimum Gasteiger partial charge on any atom is -0.372 e. The highest BCUT2D eigenvalue weighted by Gasteiger charge is 2.30. The summed E-state index contributed by atoms with van der Waals surface area (Å²) in [5.41, 5.74) is 2.00. The van der Waals surface area contributed by atoms with Crippen molar-refractivity contribution in [3.63, 3.8) is 0 Å². The third-order valence-corrected chi connectivity index (χ3v) is 4.06. The van der Waals surface area contributed by atoms with Gasteiger partial charge in [0.25, 0.3) is 5.91 Å². The number of hydrogen-bond acceptors (Lipinski definition) is 2. The molecule has 2 aromatic rings. The Labute approximate surface area is 145 Å². The number of nitrogens with zero attached hydrogens (tertiary/aromatic N) is 1. The van der Waals surface area contributed by atoms with Gasteiger partial charge in [-0.2, -0.15) is 13.2 Å². The summed E-state index contributed by atoms with van der Waals surface area (Å²) in [6.45, 7) is 7.79. The molecule has 0 aliphatic heterocycles. The summed E-state index contributed by atoms with van der Waals surface area (Å²) in [5.74, 6) is -0.438. The van der Waals surface area contributed by atoms with Crippen LogP contribution in [-0.4, -0.2) is 19.0 Å². The molecule has 0 bridgehead atoms. The van der Waals surface area contributed by atoms with E-state index in [1.165, 1.54) is 12.1 Å². The predicted molar refractivity (Wildman–Crippen MR) is 94.1 cm³/mol. The number of anilines is 2. The maximum Gasteiger partial charge on any atom is 0.416 e. The molecule has 25 heavy (non-hydrogen) atoms. The third kappa shape index (κ3) is 4.53. The first kappa shape index (κ1) is 18.8. The zero-order valence-electron chi connectivity index (χ0n) is 14.4. The van der Waals surface area contributed by atoms with Crippen molar-refractivity contribution in [3.8, 4) is 0 Å². The van der Waals surface area contributed by atoms with Crippen LogP contribution in [0.15, 0.2) is 42.5 Å². The van der Waals surface area contributed by atoms with E-state index < -0.39 is 17.6 Å². The number of halogens is 3. The van der Waals surface area contributed by atoms with E-state index in [0.29, 0.717) is 5.69 Å². The summed E-state index contributed by atoms with van der Waals surface area (Å²) in [6.07, 6.45) is -4.41. The number of nitrogens with one attached hydrogen (secondary N) is 1. The molecule has 134 valence electrons. The normalized spacial score (nSPS) is 11.3. The van der Waals surface area contributed by atoms with Gasteiger partial charge in [0, 0.05) is 30.0 Å². The lowest BCUT2D eigenvalue weighted by Crippen LogP contribution is -2.22. The molecule has 0 radical (unpaired) electrons. The molecule has 1 amide bonds. The number of carbonyl (C=O) groups excluding carboxylic acids is 1. The highest BCUT2D eigenvalue weighted by molar-refractivity contribution is 6.04. The summed E-state index contributed by atoms with van der Waals surface area (Å²) in [6, 6.07) is 9.88. The van der Waals surface area contributed by atoms with Crippen LogP contribution >= 0.6 is 0 Å². The van der Waals surface area contributed by atoms with Crippen molar-refractivity contribution in [2.24, 2.45) is 0 Å². The molecule has 0 saturated carbocycles. The molecule has 0 unspecified atom stereocenters. The first-order chi connectivity index (χ1) is 11.8. The second-order valence-corrected chi connectivity index (χ2v) is 5.70. The molecule has 0 aromatic heterocycles. The Morgan fingerprint density at radius 1 is 1.04 bits per heavy atom. The highest BCUT2D eigenvalue weighted by atomic mass is 19.4. The fraction of sp³-hybridized carbons (Fsp3) is 0.316. The lowest BCUT2D eigenvalue weighted by Gasteiger charge is -2.22. The van der Waals surface area contributed by atoms with Gasteiger partial charge < -0.3 is 10.2 Å². The Morgan fingerprint density at radius 3 is 2.12 bits per heavy atom. The third-order valence-electron chi connectivity index (χ3n) is 4.06. The van der Waals surface area contributed by atoms with E-state index in [-0.39, 0.29) is 5.56 Å². The summed E-state index contributed by atoms with van der Waals surface area (Å²) in [7, 11) is 0. The van der Waals surface area contributed by atoms with Crippen molar-refractivity contribution >= 4 is 17.3 Å². The van der Waals surface area contributed by atoms with Crippen LogP contribution in [0.25, 0.3) is 0 Å². The Hall–Kier alpha value is -2.50. The van der Waals surface area contributed by atoms with Crippen molar-refractivity contribution in [2.75, 3.05) is 23.3 Å². The van der Waals surface area contributed by atoms with E-state index in [4.69, 9.17) is 0 Å². The number of aryl methyl sites for hydroxylation is 1. The zero-order chi connectivity index (χ0) is 18.6. The minimum atomic E-state index is -4.41. The van der Waals surface area contributed by atoms with Gasteiger partial charge in [-0.15, -0.1) is 0 Å². The summed E-state index contributed by atoms with van der Waals surface area (Å²) < 4.78 is 37.7. The molecule has 0 fully saturated rings. The van der Waals surface area contributed by atoms with E-state index in [0.717, 1.165) is 36.5 Å². The topological polar surface area (TPSA) is 32.3 Å². The van der Waals surface area contributed by atoms with Gasteiger partial charge in [-0.1, -0.05) is 0 Å². The average Bonchev–Trinajstić information content (AvgIpc) is 2.57. The number of benzene rings is 2. The molecular weight excluding hydrogens is 329 g/mol. The highest BCUT2D eigenvalue weighted by Crippen LogP contribution is 2.29. The molecule has 0 spiro atoms. The van der Waals surface area contributed by atoms with Gasteiger partial charge >= 0.3 is 6.18 Å². The van der Waals surface area contributed by atoms with Crippen LogP contribution in [0.4, 0.5) is 24.5 Å². The molecule has 0 atom stereocenters. The summed E-state index contributed by atoms with van der Waals surface area (Å²) in [4.78, 5) is 14.4. The lowest BCUT2D eigenvalue weighted by atomic mass is 10.1. The van der Waals surface area contributed by atoms with Crippen molar-refractivity contribution in [3.05, 3.63) is 59.2 Å². The smallest absolute Gasteiger partial charge is 0.372 e. The number of carbonyl (C=O) groups is 1. The van der Waals surface area contributed by atoms with Crippen LogP contribution in [0.2, 0.25) is 0 Å². The van der Waals surface area contributed by atoms with Crippen LogP contribution in [-0.2, 0) is 6.18 Å². The van der Waals surface area contributed by atoms with E-state index >= 15 is 0 Å². The first-order valence-electron chi connectivity index (χ1n) is 8.10. The Balaban J connectivity index is 2.15. The molecule has 0 aliphatic carbocycles. The molecule has 2 rings (SSSR count). The van der Waals surface area contributed by atoms with Crippen molar-refractivity contribution in [1.29, 1.82) is 0 Å². The monoisotopic (exact) mass is 350 g/mol. The van der Waals surface area contributed by atoms with Gasteiger partial charge in [0.15, 0.2) is 0 Å². The summed E-state index contributed by atoms with van der Waals surface area (Å²) >= 11 is 0. The number of rotatable bonds is 5. The number of alkyl halides is 3. The summed E-state index contributed by atoms with van der Waals surface area (Å²) in [5, 5.41) is 2.75. The Bertz CT molecular complexity index is 735. The van der Waals surface area contributed by atoms with Crippen molar-refractivity contribution in [2.45, 2.75) is 26.9 Å². The molecule has 0 saturated heterocycles. The Kier molecular flexibility index (Phi) is 5.72. The zero-order valence-corrected chi connectivity index (χ0v) is 14.4. The maximum absolute atomic E-state index is 12.6. The van der Waals surface area contributed by atoms with E-state index in [1.807, 2.05) is 25.1 Å². The minimum absolute atomic E-state index is 0.181. The standard InChI is InChI=1S/C19H21F3N2O/c1-4-24(5-2)16-10-11-17(13(3)12-16)23-18(25)14-6-8-15(9-7-14)19(20,21)22/h6-12H,4-5H2,1-3H3,(H,23,25). The van der Waals surface area contributed by atoms with Crippen LogP contribution in [0.3, 0.4) is 0 Å². The van der Waals surface area contributed by atoms with Crippen molar-refractivity contribution < 1.29 is 18.0 Å². The fourth-order valence-electron chi connectivity index (χ4n) is 2.58. The average molecular weight is 350 g/mol. The van der Waals surface area contributed by atoms with Crippen molar-refractivity contribution in [1.82, 2.24) is 0 Å². The van der Waals surface area contributed by atoms with Gasteiger partial charge in [0.2, 0.25) is 0 Å². The first-order valence-corrected chi connectivity index (χ1v) is 8.10. The van der Waals surface area contributed by atoms with Crippen LogP contribution in [0.5, 0.6) is 0 Å². The second-order valence-electron chi connectivity index (χ2n) is 5.70. The number of amides is 1. The van der Waals surface area contributed by atoms with Gasteiger partial charge in [-0.3, -0.25) is 4.79 Å². The molecule has 1 N–H and O–H groups in total. The van der Waals surface area contributed by atoms with Gasteiger partial charge in [-0.05, 0) is 68.8 Å². The maximum atomic E-state index is 12.6. The molecule has 3 nitrogen and oxygen atoms in total. The second kappa shape index (κ2) is 7.59. The largest absolute Gasteiger partial charge is 0.416 e. The van der Waals surface area contributed by atoms with Gasteiger partial charge in [0.1, 0.15) is 0 Å².